The number of benzene rings is 3. The SMILES string of the molecule is COC(=O)c1ccc(C(=O)NCCOCCC(=O)ON2C(=O)CCC2=O)cc1P(c1ccccc1)c1ccccc1. The van der Waals surface area contributed by atoms with Crippen molar-refractivity contribution in [1.29, 1.82) is 0 Å². The van der Waals surface area contributed by atoms with Crippen LogP contribution in [0.15, 0.2) is 78.9 Å². The van der Waals surface area contributed by atoms with Gasteiger partial charge < -0.3 is 19.6 Å². The van der Waals surface area contributed by atoms with E-state index in [4.69, 9.17) is 14.3 Å². The number of nitrogens with zero attached hydrogens (tertiary/aromatic N) is 1. The maximum atomic E-state index is 13.0. The molecule has 212 valence electrons. The Morgan fingerprint density at radius 1 is 0.854 bits per heavy atom. The lowest BCUT2D eigenvalue weighted by Crippen LogP contribution is -2.32. The maximum Gasteiger partial charge on any atom is 0.338 e. The normalized spacial score (nSPS) is 12.9. The Morgan fingerprint density at radius 3 is 2.05 bits per heavy atom. The van der Waals surface area contributed by atoms with E-state index < -0.39 is 31.7 Å². The third-order valence-corrected chi connectivity index (χ3v) is 8.60. The number of amides is 3. The number of hydrogen-bond donors (Lipinski definition) is 1. The first-order valence-corrected chi connectivity index (χ1v) is 14.3. The second kappa shape index (κ2) is 14.3. The molecule has 3 aromatic rings. The summed E-state index contributed by atoms with van der Waals surface area (Å²) in [5, 5.41) is 6.00. The average Bonchev–Trinajstić information content (AvgIpc) is 3.31. The predicted molar refractivity (Wildman–Crippen MR) is 151 cm³/mol. The molecule has 10 nitrogen and oxygen atoms in total. The first-order chi connectivity index (χ1) is 19.9. The Bertz CT molecular complexity index is 1360. The van der Waals surface area contributed by atoms with Crippen LogP contribution in [0.1, 0.15) is 40.0 Å². The van der Waals surface area contributed by atoms with E-state index in [9.17, 15) is 24.0 Å². The molecule has 1 fully saturated rings. The Morgan fingerprint density at radius 2 is 1.46 bits per heavy atom. The number of carbonyl (C=O) groups is 5. The number of imide groups is 1. The van der Waals surface area contributed by atoms with Gasteiger partial charge in [0.2, 0.25) is 0 Å². The predicted octanol–water partition coefficient (Wildman–Crippen LogP) is 1.98. The third kappa shape index (κ3) is 7.63. The molecule has 3 amide bonds. The van der Waals surface area contributed by atoms with Gasteiger partial charge in [0, 0.05) is 30.3 Å². The first kappa shape index (κ1) is 29.6. The molecule has 0 aliphatic carbocycles. The summed E-state index contributed by atoms with van der Waals surface area (Å²) in [7, 11) is 0.145. The van der Waals surface area contributed by atoms with E-state index in [-0.39, 0.29) is 44.9 Å². The van der Waals surface area contributed by atoms with Crippen molar-refractivity contribution in [2.24, 2.45) is 0 Å². The van der Waals surface area contributed by atoms with Crippen LogP contribution < -0.4 is 21.2 Å². The lowest BCUT2D eigenvalue weighted by molar-refractivity contribution is -0.198. The van der Waals surface area contributed by atoms with Crippen molar-refractivity contribution < 1.29 is 38.3 Å². The summed E-state index contributed by atoms with van der Waals surface area (Å²) >= 11 is 0. The number of carbonyl (C=O) groups excluding carboxylic acids is 5. The lowest BCUT2D eigenvalue weighted by atomic mass is 10.1. The van der Waals surface area contributed by atoms with Crippen LogP contribution in [0.3, 0.4) is 0 Å². The van der Waals surface area contributed by atoms with E-state index in [1.165, 1.54) is 7.11 Å². The van der Waals surface area contributed by atoms with Gasteiger partial charge in [-0.1, -0.05) is 60.7 Å². The minimum atomic E-state index is -1.18. The van der Waals surface area contributed by atoms with Crippen molar-refractivity contribution in [3.8, 4) is 0 Å². The molecule has 1 aliphatic rings. The van der Waals surface area contributed by atoms with Crippen molar-refractivity contribution in [2.45, 2.75) is 19.3 Å². The van der Waals surface area contributed by atoms with Gasteiger partial charge in [-0.25, -0.2) is 9.59 Å². The molecule has 1 aliphatic heterocycles. The molecule has 0 spiro atoms. The Labute approximate surface area is 238 Å². The van der Waals surface area contributed by atoms with E-state index in [1.54, 1.807) is 18.2 Å². The fourth-order valence-corrected chi connectivity index (χ4v) is 6.59. The lowest BCUT2D eigenvalue weighted by Gasteiger charge is -2.22. The highest BCUT2D eigenvalue weighted by Gasteiger charge is 2.32. The van der Waals surface area contributed by atoms with Gasteiger partial charge in [0.15, 0.2) is 0 Å². The standard InChI is InChI=1S/C30H29N2O8P/c1-38-30(37)24-13-12-21(20-25(24)41(22-8-4-2-5-9-22)23-10-6-3-7-11-23)29(36)31-17-19-39-18-16-28(35)40-32-26(33)14-15-27(32)34/h2-13,20H,14-19H2,1H3,(H,31,36). The summed E-state index contributed by atoms with van der Waals surface area (Å²) in [6.45, 7) is 0.271. The van der Waals surface area contributed by atoms with Crippen molar-refractivity contribution in [3.63, 3.8) is 0 Å². The Hall–Kier alpha value is -4.40. The minimum Gasteiger partial charge on any atom is -0.465 e. The zero-order valence-electron chi connectivity index (χ0n) is 22.4. The highest BCUT2D eigenvalue weighted by atomic mass is 31.1. The smallest absolute Gasteiger partial charge is 0.338 e. The second-order valence-corrected chi connectivity index (χ2v) is 11.1. The molecule has 4 rings (SSSR count). The molecule has 1 N–H and O–H groups in total. The summed E-state index contributed by atoms with van der Waals surface area (Å²) in [6.07, 6.45) is -0.114. The van der Waals surface area contributed by atoms with Crippen LogP contribution >= 0.6 is 7.92 Å². The molecule has 0 aromatic heterocycles. The van der Waals surface area contributed by atoms with Crippen LogP contribution in [-0.2, 0) is 28.7 Å². The van der Waals surface area contributed by atoms with Crippen molar-refractivity contribution in [1.82, 2.24) is 10.4 Å². The Balaban J connectivity index is 1.40. The van der Waals surface area contributed by atoms with Crippen LogP contribution in [0.25, 0.3) is 0 Å². The zero-order valence-corrected chi connectivity index (χ0v) is 23.3. The van der Waals surface area contributed by atoms with Crippen LogP contribution in [0.4, 0.5) is 0 Å². The molecule has 1 saturated heterocycles. The summed E-state index contributed by atoms with van der Waals surface area (Å²) in [5.41, 5.74) is 0.756. The minimum absolute atomic E-state index is 0.0126. The van der Waals surface area contributed by atoms with Gasteiger partial charge in [0.25, 0.3) is 17.7 Å². The van der Waals surface area contributed by atoms with Gasteiger partial charge in [-0.2, -0.15) is 0 Å². The zero-order chi connectivity index (χ0) is 29.2. The van der Waals surface area contributed by atoms with Gasteiger partial charge in [0.1, 0.15) is 0 Å². The molecule has 11 heteroatoms. The maximum absolute atomic E-state index is 13.0. The average molecular weight is 577 g/mol. The molecule has 1 heterocycles. The summed E-state index contributed by atoms with van der Waals surface area (Å²) in [5.74, 6) is -2.70. The second-order valence-electron chi connectivity index (χ2n) is 8.89. The molecule has 0 unspecified atom stereocenters. The quantitative estimate of drug-likeness (QED) is 0.150. The molecule has 0 saturated carbocycles. The van der Waals surface area contributed by atoms with Crippen LogP contribution in [-0.4, -0.2) is 61.6 Å². The number of methoxy groups -OCH3 is 1. The first-order valence-electron chi connectivity index (χ1n) is 12.9. The van der Waals surface area contributed by atoms with Gasteiger partial charge in [0.05, 0.1) is 32.3 Å². The summed E-state index contributed by atoms with van der Waals surface area (Å²) < 4.78 is 10.4. The number of nitrogens with one attached hydrogen (secondary N) is 1. The third-order valence-electron chi connectivity index (χ3n) is 6.12. The number of hydroxylamine groups is 2. The summed E-state index contributed by atoms with van der Waals surface area (Å²) in [4.78, 5) is 65.4. The van der Waals surface area contributed by atoms with Gasteiger partial charge in [-0.15, -0.1) is 5.06 Å². The molecule has 3 aromatic carbocycles. The molecular weight excluding hydrogens is 547 g/mol. The highest BCUT2D eigenvalue weighted by Crippen LogP contribution is 2.34. The van der Waals surface area contributed by atoms with Crippen LogP contribution in [0.2, 0.25) is 0 Å². The monoisotopic (exact) mass is 576 g/mol. The highest BCUT2D eigenvalue weighted by molar-refractivity contribution is 7.80. The van der Waals surface area contributed by atoms with E-state index in [1.807, 2.05) is 60.7 Å². The summed E-state index contributed by atoms with van der Waals surface area (Å²) in [6, 6.07) is 24.5. The Kier molecular flexibility index (Phi) is 10.3. The fourth-order valence-electron chi connectivity index (χ4n) is 4.12. The van der Waals surface area contributed by atoms with Gasteiger partial charge in [-0.3, -0.25) is 14.4 Å². The number of hydrogen-bond acceptors (Lipinski definition) is 8. The van der Waals surface area contributed by atoms with E-state index >= 15 is 0 Å². The van der Waals surface area contributed by atoms with E-state index in [0.717, 1.165) is 10.6 Å². The molecule has 41 heavy (non-hydrogen) atoms. The van der Waals surface area contributed by atoms with Gasteiger partial charge >= 0.3 is 11.9 Å². The van der Waals surface area contributed by atoms with Crippen LogP contribution in [0, 0.1) is 0 Å². The molecule has 0 bridgehead atoms. The molecular formula is C30H29N2O8P. The molecule has 0 radical (unpaired) electrons. The van der Waals surface area contributed by atoms with Crippen molar-refractivity contribution in [2.75, 3.05) is 26.9 Å². The number of ether oxygens (including phenoxy) is 2. The van der Waals surface area contributed by atoms with Gasteiger partial charge in [-0.05, 0) is 36.7 Å². The fraction of sp³-hybridized carbons (Fsp3) is 0.233. The number of rotatable bonds is 12. The number of esters is 1. The molecule has 0 atom stereocenters. The topological polar surface area (TPSA) is 128 Å². The largest absolute Gasteiger partial charge is 0.465 e. The van der Waals surface area contributed by atoms with Crippen molar-refractivity contribution >= 4 is 53.5 Å². The van der Waals surface area contributed by atoms with Crippen LogP contribution in [0.5, 0.6) is 0 Å². The van der Waals surface area contributed by atoms with E-state index in [0.29, 0.717) is 21.5 Å². The van der Waals surface area contributed by atoms with Crippen molar-refractivity contribution in [3.05, 3.63) is 90.0 Å². The van der Waals surface area contributed by atoms with E-state index in [2.05, 4.69) is 5.32 Å².